The third-order valence-electron chi connectivity index (χ3n) is 6.43. The molecule has 0 radical (unpaired) electrons. The Morgan fingerprint density at radius 2 is 1.10 bits per heavy atom. The average molecular weight is 414 g/mol. The topological polar surface area (TPSA) is 69.6 Å². The van der Waals surface area contributed by atoms with Gasteiger partial charge in [-0.1, -0.05) is 92.4 Å². The molecule has 4 heteroatoms. The molecular weight excluding hydrogens is 362 g/mol. The molecule has 0 aromatic heterocycles. The van der Waals surface area contributed by atoms with Crippen LogP contribution in [0.4, 0.5) is 0 Å². The van der Waals surface area contributed by atoms with Gasteiger partial charge in [0.15, 0.2) is 0 Å². The summed E-state index contributed by atoms with van der Waals surface area (Å²) in [7, 11) is 0. The Balaban J connectivity index is 3.75. The second-order valence-corrected chi connectivity index (χ2v) is 10.4. The molecule has 0 fully saturated rings. The monoisotopic (exact) mass is 413 g/mol. The summed E-state index contributed by atoms with van der Waals surface area (Å²) in [5, 5.41) is 21.4. The van der Waals surface area contributed by atoms with E-state index in [4.69, 9.17) is 0 Å². The maximum Gasteiger partial charge on any atom is 0.230 e. The first-order chi connectivity index (χ1) is 13.6. The van der Waals surface area contributed by atoms with E-state index < -0.39 is 5.41 Å². The number of hydrogen-bond acceptors (Lipinski definition) is 3. The number of hydrogen-bond donors (Lipinski definition) is 3. The van der Waals surface area contributed by atoms with E-state index in [1.807, 2.05) is 0 Å². The molecule has 0 aliphatic rings. The zero-order chi connectivity index (χ0) is 22.3. The fourth-order valence-electron chi connectivity index (χ4n) is 3.78. The molecule has 3 atom stereocenters. The summed E-state index contributed by atoms with van der Waals surface area (Å²) in [6, 6.07) is 0. The summed E-state index contributed by atoms with van der Waals surface area (Å²) < 4.78 is 0. The van der Waals surface area contributed by atoms with Crippen LogP contribution in [0, 0.1) is 29.1 Å². The Labute approximate surface area is 181 Å². The van der Waals surface area contributed by atoms with Crippen LogP contribution in [0.2, 0.25) is 0 Å². The van der Waals surface area contributed by atoms with Crippen molar-refractivity contribution in [3.05, 3.63) is 0 Å². The number of aliphatic hydroxyl groups excluding tert-OH is 2. The normalized spacial score (nSPS) is 15.3. The Morgan fingerprint density at radius 3 is 1.48 bits per heavy atom. The fraction of sp³-hybridized carbons (Fsp3) is 0.960. The minimum atomic E-state index is -1.08. The summed E-state index contributed by atoms with van der Waals surface area (Å²) in [5.74, 6) is 2.83. The second kappa shape index (κ2) is 16.1. The van der Waals surface area contributed by atoms with Crippen LogP contribution in [0.25, 0.3) is 0 Å². The van der Waals surface area contributed by atoms with E-state index in [-0.39, 0.29) is 19.1 Å². The number of aliphatic hydroxyl groups is 2. The van der Waals surface area contributed by atoms with Crippen molar-refractivity contribution in [1.82, 2.24) is 5.32 Å². The molecule has 174 valence electrons. The van der Waals surface area contributed by atoms with E-state index >= 15 is 0 Å². The van der Waals surface area contributed by atoms with Gasteiger partial charge in [-0.25, -0.2) is 0 Å². The number of amides is 1. The molecule has 0 aliphatic heterocycles. The number of carbonyl (C=O) groups is 1. The van der Waals surface area contributed by atoms with Crippen LogP contribution in [-0.2, 0) is 4.79 Å². The van der Waals surface area contributed by atoms with E-state index in [9.17, 15) is 15.0 Å². The lowest BCUT2D eigenvalue weighted by molar-refractivity contribution is -0.134. The zero-order valence-electron chi connectivity index (χ0n) is 20.3. The van der Waals surface area contributed by atoms with Crippen LogP contribution in [0.1, 0.15) is 106 Å². The molecule has 0 heterocycles. The smallest absolute Gasteiger partial charge is 0.230 e. The molecule has 0 saturated heterocycles. The van der Waals surface area contributed by atoms with Gasteiger partial charge in [-0.15, -0.1) is 0 Å². The number of nitrogens with one attached hydrogen (secondary N) is 1. The zero-order valence-corrected chi connectivity index (χ0v) is 20.3. The maximum atomic E-state index is 12.0. The van der Waals surface area contributed by atoms with Crippen molar-refractivity contribution < 1.29 is 15.0 Å². The van der Waals surface area contributed by atoms with Crippen molar-refractivity contribution in [2.75, 3.05) is 19.8 Å². The van der Waals surface area contributed by atoms with Crippen LogP contribution in [0.15, 0.2) is 0 Å². The van der Waals surface area contributed by atoms with Crippen molar-refractivity contribution in [1.29, 1.82) is 0 Å². The summed E-state index contributed by atoms with van der Waals surface area (Å²) in [6.45, 7) is 13.2. The van der Waals surface area contributed by atoms with Crippen LogP contribution >= 0.6 is 0 Å². The molecule has 0 spiro atoms. The van der Waals surface area contributed by atoms with Crippen LogP contribution < -0.4 is 5.32 Å². The van der Waals surface area contributed by atoms with Crippen LogP contribution in [0.5, 0.6) is 0 Å². The predicted octanol–water partition coefficient (Wildman–Crippen LogP) is 5.56. The highest BCUT2D eigenvalue weighted by atomic mass is 16.3. The molecule has 0 saturated carbocycles. The Hall–Kier alpha value is -0.610. The maximum absolute atomic E-state index is 12.0. The molecule has 0 aromatic carbocycles. The van der Waals surface area contributed by atoms with E-state index in [1.165, 1.54) is 57.8 Å². The van der Waals surface area contributed by atoms with Gasteiger partial charge in [0.05, 0.1) is 18.6 Å². The molecule has 0 aromatic rings. The summed E-state index contributed by atoms with van der Waals surface area (Å²) in [6.07, 6.45) is 12.9. The first-order valence-corrected chi connectivity index (χ1v) is 12.1. The lowest BCUT2D eigenvalue weighted by Gasteiger charge is -2.23. The Bertz CT molecular complexity index is 407. The summed E-state index contributed by atoms with van der Waals surface area (Å²) >= 11 is 0. The highest BCUT2D eigenvalue weighted by Crippen LogP contribution is 2.22. The average Bonchev–Trinajstić information content (AvgIpc) is 2.66. The number of carbonyl (C=O) groups excluding carboxylic acids is 1. The largest absolute Gasteiger partial charge is 0.395 e. The minimum absolute atomic E-state index is 0.262. The summed E-state index contributed by atoms with van der Waals surface area (Å²) in [5.41, 5.74) is -1.08. The van der Waals surface area contributed by atoms with E-state index in [1.54, 1.807) is 6.92 Å². The molecule has 4 nitrogen and oxygen atoms in total. The van der Waals surface area contributed by atoms with Gasteiger partial charge in [-0.3, -0.25) is 4.79 Å². The Kier molecular flexibility index (Phi) is 15.8. The number of rotatable bonds is 18. The standard InChI is InChI=1S/C25H51NO3/c1-20(2)10-7-11-21(3)12-8-13-22(4)14-9-15-23(5)16-17-26-24(29)25(6,18-27)19-28/h20-23,27-28H,7-19H2,1-6H3,(H,26,29). The van der Waals surface area contributed by atoms with Crippen LogP contribution in [0.3, 0.4) is 0 Å². The lowest BCUT2D eigenvalue weighted by atomic mass is 9.90. The summed E-state index contributed by atoms with van der Waals surface area (Å²) in [4.78, 5) is 12.0. The fourth-order valence-corrected chi connectivity index (χ4v) is 3.78. The molecule has 0 aliphatic carbocycles. The SMILES string of the molecule is CC(C)CCCC(C)CCCC(C)CCCC(C)CCNC(=O)C(C)(CO)CO. The minimum Gasteiger partial charge on any atom is -0.395 e. The third-order valence-corrected chi connectivity index (χ3v) is 6.43. The Morgan fingerprint density at radius 1 is 0.724 bits per heavy atom. The van der Waals surface area contributed by atoms with Crippen LogP contribution in [-0.4, -0.2) is 35.9 Å². The predicted molar refractivity (Wildman–Crippen MR) is 124 cm³/mol. The lowest BCUT2D eigenvalue weighted by Crippen LogP contribution is -2.44. The van der Waals surface area contributed by atoms with Gasteiger partial charge in [-0.2, -0.15) is 0 Å². The highest BCUT2D eigenvalue weighted by Gasteiger charge is 2.31. The second-order valence-electron chi connectivity index (χ2n) is 10.4. The van der Waals surface area contributed by atoms with Gasteiger partial charge in [0.1, 0.15) is 0 Å². The quantitative estimate of drug-likeness (QED) is 0.275. The molecule has 1 amide bonds. The van der Waals surface area contributed by atoms with Crippen molar-refractivity contribution in [3.8, 4) is 0 Å². The van der Waals surface area contributed by atoms with Crippen molar-refractivity contribution in [2.45, 2.75) is 106 Å². The van der Waals surface area contributed by atoms with E-state index in [2.05, 4.69) is 39.9 Å². The molecule has 29 heavy (non-hydrogen) atoms. The van der Waals surface area contributed by atoms with Gasteiger partial charge in [-0.05, 0) is 37.0 Å². The molecule has 3 N–H and O–H groups in total. The van der Waals surface area contributed by atoms with Gasteiger partial charge in [0.2, 0.25) is 5.91 Å². The molecular formula is C25H51NO3. The third kappa shape index (κ3) is 14.1. The van der Waals surface area contributed by atoms with Crippen molar-refractivity contribution >= 4 is 5.91 Å². The van der Waals surface area contributed by atoms with Crippen molar-refractivity contribution in [2.24, 2.45) is 29.1 Å². The molecule has 0 bridgehead atoms. The van der Waals surface area contributed by atoms with Crippen molar-refractivity contribution in [3.63, 3.8) is 0 Å². The first-order valence-electron chi connectivity index (χ1n) is 12.1. The van der Waals surface area contributed by atoms with Gasteiger partial charge >= 0.3 is 0 Å². The molecule has 3 unspecified atom stereocenters. The first kappa shape index (κ1) is 28.4. The van der Waals surface area contributed by atoms with E-state index in [0.717, 1.165) is 24.2 Å². The van der Waals surface area contributed by atoms with E-state index in [0.29, 0.717) is 12.5 Å². The molecule has 0 rings (SSSR count). The highest BCUT2D eigenvalue weighted by molar-refractivity contribution is 5.82. The van der Waals surface area contributed by atoms with Gasteiger partial charge in [0.25, 0.3) is 0 Å². The van der Waals surface area contributed by atoms with Gasteiger partial charge < -0.3 is 15.5 Å². The van der Waals surface area contributed by atoms with Gasteiger partial charge in [0, 0.05) is 6.54 Å².